The number of amides is 2. The van der Waals surface area contributed by atoms with Gasteiger partial charge in [-0.15, -0.1) is 0 Å². The van der Waals surface area contributed by atoms with Gasteiger partial charge in [-0.2, -0.15) is 0 Å². The lowest BCUT2D eigenvalue weighted by Gasteiger charge is -2.32. The topological polar surface area (TPSA) is 49.4 Å². The van der Waals surface area contributed by atoms with E-state index in [0.717, 1.165) is 49.9 Å². The van der Waals surface area contributed by atoms with Gasteiger partial charge in [-0.05, 0) is 48.9 Å². The van der Waals surface area contributed by atoms with E-state index in [0.29, 0.717) is 11.5 Å². The number of nitrogens with one attached hydrogen (secondary N) is 1. The van der Waals surface area contributed by atoms with Crippen molar-refractivity contribution in [3.63, 3.8) is 0 Å². The van der Waals surface area contributed by atoms with E-state index in [-0.39, 0.29) is 17.9 Å². The van der Waals surface area contributed by atoms with Crippen molar-refractivity contribution in [2.45, 2.75) is 31.7 Å². The molecule has 0 spiro atoms. The molecule has 2 amide bonds. The SMILES string of the molecule is O=C(NC1CCN(C(=O)C2CC2)CC1)c1cccc(-c2ccccc2)c1. The minimum atomic E-state index is -0.0326. The van der Waals surface area contributed by atoms with Crippen molar-refractivity contribution in [3.8, 4) is 11.1 Å². The third kappa shape index (κ3) is 3.79. The second kappa shape index (κ2) is 7.32. The molecule has 0 atom stereocenters. The summed E-state index contributed by atoms with van der Waals surface area (Å²) in [6, 6.07) is 18.0. The summed E-state index contributed by atoms with van der Waals surface area (Å²) in [6.45, 7) is 1.51. The number of piperidine rings is 1. The van der Waals surface area contributed by atoms with Gasteiger partial charge in [0.15, 0.2) is 0 Å². The molecule has 4 nitrogen and oxygen atoms in total. The summed E-state index contributed by atoms with van der Waals surface area (Å²) in [7, 11) is 0. The van der Waals surface area contributed by atoms with E-state index in [1.165, 1.54) is 0 Å². The van der Waals surface area contributed by atoms with Crippen LogP contribution in [0.2, 0.25) is 0 Å². The van der Waals surface area contributed by atoms with Gasteiger partial charge < -0.3 is 10.2 Å². The van der Waals surface area contributed by atoms with Gasteiger partial charge in [-0.1, -0.05) is 42.5 Å². The van der Waals surface area contributed by atoms with Crippen molar-refractivity contribution in [1.29, 1.82) is 0 Å². The van der Waals surface area contributed by atoms with E-state index >= 15 is 0 Å². The summed E-state index contributed by atoms with van der Waals surface area (Å²) in [5, 5.41) is 3.14. The summed E-state index contributed by atoms with van der Waals surface area (Å²) in [5.74, 6) is 0.557. The Kier molecular flexibility index (Phi) is 4.74. The molecule has 0 radical (unpaired) electrons. The largest absolute Gasteiger partial charge is 0.349 e. The van der Waals surface area contributed by atoms with Gasteiger partial charge in [0.25, 0.3) is 5.91 Å². The first-order valence-corrected chi connectivity index (χ1v) is 9.46. The highest BCUT2D eigenvalue weighted by molar-refractivity contribution is 5.95. The summed E-state index contributed by atoms with van der Waals surface area (Å²) in [6.07, 6.45) is 3.77. The van der Waals surface area contributed by atoms with E-state index in [1.807, 2.05) is 59.5 Å². The highest BCUT2D eigenvalue weighted by Gasteiger charge is 2.35. The number of carbonyl (C=O) groups is 2. The number of hydrogen-bond acceptors (Lipinski definition) is 2. The van der Waals surface area contributed by atoms with Crippen LogP contribution < -0.4 is 5.32 Å². The second-order valence-electron chi connectivity index (χ2n) is 7.29. The number of carbonyl (C=O) groups excluding carboxylic acids is 2. The maximum absolute atomic E-state index is 12.6. The van der Waals surface area contributed by atoms with Crippen molar-refractivity contribution in [2.24, 2.45) is 5.92 Å². The highest BCUT2D eigenvalue weighted by atomic mass is 16.2. The number of hydrogen-bond donors (Lipinski definition) is 1. The minimum Gasteiger partial charge on any atom is -0.349 e. The number of rotatable bonds is 4. The van der Waals surface area contributed by atoms with Gasteiger partial charge in [0.05, 0.1) is 0 Å². The molecule has 0 unspecified atom stereocenters. The highest BCUT2D eigenvalue weighted by Crippen LogP contribution is 2.32. The van der Waals surface area contributed by atoms with Crippen LogP contribution >= 0.6 is 0 Å². The Bertz CT molecular complexity index is 791. The van der Waals surface area contributed by atoms with Crippen molar-refractivity contribution >= 4 is 11.8 Å². The standard InChI is InChI=1S/C22H24N2O2/c25-21(19-8-4-7-18(15-19)16-5-2-1-3-6-16)23-20-11-13-24(14-12-20)22(26)17-9-10-17/h1-8,15,17,20H,9-14H2,(H,23,25). The zero-order valence-corrected chi connectivity index (χ0v) is 14.9. The van der Waals surface area contributed by atoms with E-state index in [4.69, 9.17) is 0 Å². The first-order valence-electron chi connectivity index (χ1n) is 9.46. The van der Waals surface area contributed by atoms with E-state index in [2.05, 4.69) is 5.32 Å². The van der Waals surface area contributed by atoms with E-state index in [1.54, 1.807) is 0 Å². The van der Waals surface area contributed by atoms with Crippen LogP contribution in [0.25, 0.3) is 11.1 Å². The molecule has 0 bridgehead atoms. The molecule has 1 saturated carbocycles. The van der Waals surface area contributed by atoms with Crippen LogP contribution in [0, 0.1) is 5.92 Å². The average Bonchev–Trinajstić information content (AvgIpc) is 3.54. The molecule has 2 aliphatic rings. The van der Waals surface area contributed by atoms with Crippen LogP contribution in [0.4, 0.5) is 0 Å². The molecule has 1 saturated heterocycles. The van der Waals surface area contributed by atoms with Crippen molar-refractivity contribution in [2.75, 3.05) is 13.1 Å². The van der Waals surface area contributed by atoms with E-state index in [9.17, 15) is 9.59 Å². The second-order valence-corrected chi connectivity index (χ2v) is 7.29. The summed E-state index contributed by atoms with van der Waals surface area (Å²) >= 11 is 0. The molecule has 1 aliphatic heterocycles. The lowest BCUT2D eigenvalue weighted by Crippen LogP contribution is -2.47. The monoisotopic (exact) mass is 348 g/mol. The van der Waals surface area contributed by atoms with Crippen molar-refractivity contribution in [3.05, 3.63) is 60.2 Å². The normalized spacial score (nSPS) is 17.8. The van der Waals surface area contributed by atoms with Gasteiger partial charge in [-0.25, -0.2) is 0 Å². The Labute approximate surface area is 154 Å². The summed E-state index contributed by atoms with van der Waals surface area (Å²) in [4.78, 5) is 26.7. The summed E-state index contributed by atoms with van der Waals surface area (Å²) in [5.41, 5.74) is 2.83. The fraction of sp³-hybridized carbons (Fsp3) is 0.364. The zero-order chi connectivity index (χ0) is 17.9. The predicted octanol–water partition coefficient (Wildman–Crippen LogP) is 3.48. The van der Waals surface area contributed by atoms with Crippen LogP contribution in [0.15, 0.2) is 54.6 Å². The Morgan fingerprint density at radius 3 is 2.23 bits per heavy atom. The molecule has 134 valence electrons. The average molecular weight is 348 g/mol. The third-order valence-corrected chi connectivity index (χ3v) is 5.30. The molecule has 26 heavy (non-hydrogen) atoms. The fourth-order valence-corrected chi connectivity index (χ4v) is 3.57. The predicted molar refractivity (Wildman–Crippen MR) is 102 cm³/mol. The van der Waals surface area contributed by atoms with Crippen LogP contribution in [0.5, 0.6) is 0 Å². The van der Waals surface area contributed by atoms with Gasteiger partial charge in [0.2, 0.25) is 5.91 Å². The Balaban J connectivity index is 1.36. The molecule has 0 aromatic heterocycles. The maximum Gasteiger partial charge on any atom is 0.251 e. The molecule has 2 aromatic carbocycles. The van der Waals surface area contributed by atoms with Gasteiger partial charge >= 0.3 is 0 Å². The smallest absolute Gasteiger partial charge is 0.251 e. The van der Waals surface area contributed by atoms with Gasteiger partial charge in [0, 0.05) is 30.6 Å². The molecule has 4 rings (SSSR count). The summed E-state index contributed by atoms with van der Waals surface area (Å²) < 4.78 is 0. The Morgan fingerprint density at radius 2 is 1.54 bits per heavy atom. The Morgan fingerprint density at radius 1 is 0.846 bits per heavy atom. The van der Waals surface area contributed by atoms with Crippen LogP contribution in [-0.4, -0.2) is 35.8 Å². The lowest BCUT2D eigenvalue weighted by molar-refractivity contribution is -0.133. The third-order valence-electron chi connectivity index (χ3n) is 5.30. The lowest BCUT2D eigenvalue weighted by atomic mass is 10.0. The molecule has 1 aliphatic carbocycles. The van der Waals surface area contributed by atoms with Gasteiger partial charge in [0.1, 0.15) is 0 Å². The molecule has 1 N–H and O–H groups in total. The quantitative estimate of drug-likeness (QED) is 0.919. The molecule has 4 heteroatoms. The zero-order valence-electron chi connectivity index (χ0n) is 14.9. The van der Waals surface area contributed by atoms with Crippen LogP contribution in [0.1, 0.15) is 36.0 Å². The Hall–Kier alpha value is -2.62. The van der Waals surface area contributed by atoms with E-state index < -0.39 is 0 Å². The maximum atomic E-state index is 12.6. The number of nitrogens with zero attached hydrogens (tertiary/aromatic N) is 1. The molecular weight excluding hydrogens is 324 g/mol. The molecule has 2 aromatic rings. The molecular formula is C22H24N2O2. The van der Waals surface area contributed by atoms with Crippen molar-refractivity contribution < 1.29 is 9.59 Å². The van der Waals surface area contributed by atoms with Gasteiger partial charge in [-0.3, -0.25) is 9.59 Å². The first kappa shape index (κ1) is 16.8. The number of benzene rings is 2. The molecule has 1 heterocycles. The number of likely N-dealkylation sites (tertiary alicyclic amines) is 1. The first-order chi connectivity index (χ1) is 12.7. The van der Waals surface area contributed by atoms with Crippen LogP contribution in [-0.2, 0) is 4.79 Å². The fourth-order valence-electron chi connectivity index (χ4n) is 3.57. The van der Waals surface area contributed by atoms with Crippen molar-refractivity contribution in [1.82, 2.24) is 10.2 Å². The van der Waals surface area contributed by atoms with Crippen LogP contribution in [0.3, 0.4) is 0 Å². The molecule has 2 fully saturated rings. The minimum absolute atomic E-state index is 0.0326.